The lowest BCUT2D eigenvalue weighted by Gasteiger charge is -2.26. The van der Waals surface area contributed by atoms with E-state index in [0.717, 1.165) is 16.7 Å². The Morgan fingerprint density at radius 3 is 2.64 bits per heavy atom. The molecule has 1 aromatic heterocycles. The van der Waals surface area contributed by atoms with Crippen LogP contribution in [0, 0.1) is 13.8 Å². The molecule has 11 heteroatoms. The van der Waals surface area contributed by atoms with Gasteiger partial charge in [-0.25, -0.2) is 18.3 Å². The quantitative estimate of drug-likeness (QED) is 0.540. The number of aryl methyl sites for hydroxylation is 1. The molecule has 9 nitrogen and oxygen atoms in total. The van der Waals surface area contributed by atoms with Crippen molar-refractivity contribution < 1.29 is 22.4 Å². The third kappa shape index (κ3) is 4.33. The molecule has 1 aliphatic heterocycles. The predicted molar refractivity (Wildman–Crippen MR) is 120 cm³/mol. The van der Waals surface area contributed by atoms with Gasteiger partial charge in [0.2, 0.25) is 15.9 Å². The van der Waals surface area contributed by atoms with Gasteiger partial charge < -0.3 is 9.15 Å². The van der Waals surface area contributed by atoms with Crippen LogP contribution in [0.2, 0.25) is 5.02 Å². The zero-order chi connectivity index (χ0) is 23.9. The van der Waals surface area contributed by atoms with Crippen molar-refractivity contribution in [3.8, 4) is 5.75 Å². The molecule has 1 aliphatic rings. The minimum Gasteiger partial charge on any atom is -0.491 e. The number of carbonyl (C=O) groups is 1. The van der Waals surface area contributed by atoms with Crippen LogP contribution in [0.4, 0.5) is 0 Å². The van der Waals surface area contributed by atoms with Crippen molar-refractivity contribution in [2.24, 2.45) is 0 Å². The van der Waals surface area contributed by atoms with Crippen LogP contribution in [0.25, 0.3) is 0 Å². The first-order valence-electron chi connectivity index (χ1n) is 10.2. The first kappa shape index (κ1) is 23.2. The average Bonchev–Trinajstić information content (AvgIpc) is 3.19. The Kier molecular flexibility index (Phi) is 6.17. The van der Waals surface area contributed by atoms with E-state index in [-0.39, 0.29) is 45.9 Å². The largest absolute Gasteiger partial charge is 0.491 e. The molecule has 3 aromatic rings. The number of sulfonamides is 1. The van der Waals surface area contributed by atoms with Crippen LogP contribution in [0.1, 0.15) is 58.2 Å². The smallest absolute Gasteiger partial charge is 0.434 e. The van der Waals surface area contributed by atoms with Gasteiger partial charge in [0.15, 0.2) is 11.5 Å². The molecule has 0 saturated carbocycles. The molecule has 2 aromatic carbocycles. The fourth-order valence-corrected chi connectivity index (χ4v) is 5.62. The Morgan fingerprint density at radius 2 is 1.94 bits per heavy atom. The SMILES string of the molecule is Cc1cccc(C(C)C(NS(=O)(=O)c2ccc(Cl)c3c2OCCC3=O)c2n[nH]c(=O)o2)c1C. The van der Waals surface area contributed by atoms with E-state index in [2.05, 4.69) is 14.9 Å². The summed E-state index contributed by atoms with van der Waals surface area (Å²) >= 11 is 6.15. The molecule has 174 valence electrons. The molecule has 33 heavy (non-hydrogen) atoms. The summed E-state index contributed by atoms with van der Waals surface area (Å²) < 4.78 is 40.3. The summed E-state index contributed by atoms with van der Waals surface area (Å²) in [7, 11) is -4.26. The summed E-state index contributed by atoms with van der Waals surface area (Å²) in [5.41, 5.74) is 2.90. The topological polar surface area (TPSA) is 131 Å². The summed E-state index contributed by atoms with van der Waals surface area (Å²) in [4.78, 5) is 23.8. The van der Waals surface area contributed by atoms with Gasteiger partial charge in [-0.1, -0.05) is 36.7 Å². The second kappa shape index (κ2) is 8.77. The van der Waals surface area contributed by atoms with Crippen molar-refractivity contribution in [3.63, 3.8) is 0 Å². The minimum atomic E-state index is -4.26. The fourth-order valence-electron chi connectivity index (χ4n) is 3.94. The zero-order valence-electron chi connectivity index (χ0n) is 18.1. The van der Waals surface area contributed by atoms with Crippen molar-refractivity contribution in [1.82, 2.24) is 14.9 Å². The van der Waals surface area contributed by atoms with E-state index in [1.165, 1.54) is 12.1 Å². The number of aromatic amines is 1. The van der Waals surface area contributed by atoms with E-state index < -0.39 is 27.7 Å². The molecule has 0 bridgehead atoms. The standard InChI is InChI=1S/C22H22ClN3O6S/c1-11-5-4-6-14(12(11)2)13(3)19(21-24-25-22(28)32-21)26-33(29,30)17-8-7-15(23)18-16(27)9-10-31-20(17)18/h4-8,13,19,26H,9-10H2,1-3H3,(H,25,28). The molecule has 0 radical (unpaired) electrons. The Morgan fingerprint density at radius 1 is 1.18 bits per heavy atom. The molecule has 0 amide bonds. The molecular formula is C22H22ClN3O6S. The number of hydrogen-bond acceptors (Lipinski definition) is 7. The van der Waals surface area contributed by atoms with E-state index in [9.17, 15) is 18.0 Å². The van der Waals surface area contributed by atoms with Gasteiger partial charge in [0, 0.05) is 12.3 Å². The van der Waals surface area contributed by atoms with E-state index in [4.69, 9.17) is 20.8 Å². The lowest BCUT2D eigenvalue weighted by Crippen LogP contribution is -2.33. The van der Waals surface area contributed by atoms with Crippen LogP contribution < -0.4 is 15.2 Å². The van der Waals surface area contributed by atoms with Gasteiger partial charge in [-0.15, -0.1) is 5.10 Å². The number of Topliss-reactive ketones (excluding diaryl/α,β-unsaturated/α-hetero) is 1. The molecule has 0 saturated heterocycles. The number of hydrogen-bond donors (Lipinski definition) is 2. The van der Waals surface area contributed by atoms with Crippen LogP contribution >= 0.6 is 11.6 Å². The number of halogens is 1. The highest BCUT2D eigenvalue weighted by Gasteiger charge is 2.35. The molecule has 0 aliphatic carbocycles. The van der Waals surface area contributed by atoms with Gasteiger partial charge in [-0.3, -0.25) is 4.79 Å². The van der Waals surface area contributed by atoms with Crippen molar-refractivity contribution in [2.45, 2.75) is 44.0 Å². The Balaban J connectivity index is 1.80. The highest BCUT2D eigenvalue weighted by Crippen LogP contribution is 2.39. The number of H-pyrrole nitrogens is 1. The number of aromatic nitrogens is 2. The molecule has 2 unspecified atom stereocenters. The highest BCUT2D eigenvalue weighted by atomic mass is 35.5. The van der Waals surface area contributed by atoms with Crippen LogP contribution in [-0.4, -0.2) is 31.0 Å². The third-order valence-corrected chi connectivity index (χ3v) is 7.63. The van der Waals surface area contributed by atoms with Gasteiger partial charge in [-0.05, 0) is 42.7 Å². The second-order valence-electron chi connectivity index (χ2n) is 7.90. The van der Waals surface area contributed by atoms with Crippen LogP contribution in [0.3, 0.4) is 0 Å². The summed E-state index contributed by atoms with van der Waals surface area (Å²) in [6.45, 7) is 5.74. The van der Waals surface area contributed by atoms with Gasteiger partial charge in [-0.2, -0.15) is 4.72 Å². The second-order valence-corrected chi connectivity index (χ2v) is 9.99. The first-order valence-corrected chi connectivity index (χ1v) is 12.1. The van der Waals surface area contributed by atoms with Crippen molar-refractivity contribution in [1.29, 1.82) is 0 Å². The molecule has 2 heterocycles. The maximum Gasteiger partial charge on any atom is 0.434 e. The maximum atomic E-state index is 13.5. The maximum absolute atomic E-state index is 13.5. The molecule has 0 spiro atoms. The average molecular weight is 492 g/mol. The Bertz CT molecular complexity index is 1400. The number of carbonyl (C=O) groups excluding carboxylic acids is 1. The van der Waals surface area contributed by atoms with Crippen LogP contribution in [0.15, 0.2) is 44.4 Å². The van der Waals surface area contributed by atoms with Gasteiger partial charge >= 0.3 is 5.76 Å². The highest BCUT2D eigenvalue weighted by molar-refractivity contribution is 7.89. The number of rotatable bonds is 6. The Labute approximate surface area is 195 Å². The van der Waals surface area contributed by atoms with Gasteiger partial charge in [0.05, 0.1) is 17.2 Å². The number of benzene rings is 2. The molecule has 2 N–H and O–H groups in total. The van der Waals surface area contributed by atoms with E-state index in [0.29, 0.717) is 0 Å². The fraction of sp³-hybridized carbons (Fsp3) is 0.318. The molecule has 0 fully saturated rings. The normalized spacial score (nSPS) is 15.6. The number of ketones is 1. The van der Waals surface area contributed by atoms with E-state index >= 15 is 0 Å². The summed E-state index contributed by atoms with van der Waals surface area (Å²) in [5, 5.41) is 6.16. The van der Waals surface area contributed by atoms with Crippen LogP contribution in [0.5, 0.6) is 5.75 Å². The summed E-state index contributed by atoms with van der Waals surface area (Å²) in [6.07, 6.45) is 0.106. The molecule has 2 atom stereocenters. The molecular weight excluding hydrogens is 470 g/mol. The number of nitrogens with one attached hydrogen (secondary N) is 2. The zero-order valence-corrected chi connectivity index (χ0v) is 19.7. The van der Waals surface area contributed by atoms with Crippen molar-refractivity contribution >= 4 is 27.4 Å². The lowest BCUT2D eigenvalue weighted by atomic mass is 9.88. The Hall–Kier alpha value is -2.95. The number of fused-ring (bicyclic) bond motifs is 1. The third-order valence-electron chi connectivity index (χ3n) is 5.85. The van der Waals surface area contributed by atoms with Gasteiger partial charge in [0.25, 0.3) is 0 Å². The summed E-state index contributed by atoms with van der Waals surface area (Å²) in [5.74, 6) is -1.77. The van der Waals surface area contributed by atoms with Gasteiger partial charge in [0.1, 0.15) is 10.9 Å². The van der Waals surface area contributed by atoms with E-state index in [1.807, 2.05) is 32.0 Å². The predicted octanol–water partition coefficient (Wildman–Crippen LogP) is 3.42. The number of nitrogens with zero attached hydrogens (tertiary/aromatic N) is 1. The first-order chi connectivity index (χ1) is 15.6. The van der Waals surface area contributed by atoms with Crippen molar-refractivity contribution in [2.75, 3.05) is 6.61 Å². The van der Waals surface area contributed by atoms with Crippen molar-refractivity contribution in [3.05, 3.63) is 74.0 Å². The van der Waals surface area contributed by atoms with E-state index in [1.54, 1.807) is 6.92 Å². The number of ether oxygens (including phenoxy) is 1. The molecule has 4 rings (SSSR count). The summed E-state index contributed by atoms with van der Waals surface area (Å²) in [6, 6.07) is 7.30. The monoisotopic (exact) mass is 491 g/mol. The minimum absolute atomic E-state index is 0.0382. The van der Waals surface area contributed by atoms with Crippen LogP contribution in [-0.2, 0) is 10.0 Å². The lowest BCUT2D eigenvalue weighted by molar-refractivity contribution is 0.0931.